The quantitative estimate of drug-likeness (QED) is 0.576. The first kappa shape index (κ1) is 18.4. The number of benzene rings is 2. The Morgan fingerprint density at radius 1 is 1.04 bits per heavy atom. The molecule has 10 heteroatoms. The number of nitrogens with one attached hydrogen (secondary N) is 1. The molecule has 27 heavy (non-hydrogen) atoms. The number of hydrogen-bond acceptors (Lipinski definition) is 6. The Bertz CT molecular complexity index is 1010. The number of carbonyl (C=O) groups excluding carboxylic acids is 2. The fourth-order valence-electron chi connectivity index (χ4n) is 2.28. The van der Waals surface area contributed by atoms with E-state index in [9.17, 15) is 14.4 Å². The summed E-state index contributed by atoms with van der Waals surface area (Å²) in [6, 6.07) is 15.8. The first-order valence-electron chi connectivity index (χ1n) is 7.93. The molecule has 9 nitrogen and oxygen atoms in total. The van der Waals surface area contributed by atoms with Gasteiger partial charge in [-0.2, -0.15) is 9.36 Å². The average Bonchev–Trinajstić information content (AvgIpc) is 3.02. The number of carbonyl (C=O) groups is 2. The van der Waals surface area contributed by atoms with Crippen molar-refractivity contribution in [3.63, 3.8) is 0 Å². The minimum absolute atomic E-state index is 0.0950. The van der Waals surface area contributed by atoms with Crippen LogP contribution in [0, 0.1) is 0 Å². The molecule has 3 N–H and O–H groups in total. The summed E-state index contributed by atoms with van der Waals surface area (Å²) in [5, 5.41) is 10.3. The summed E-state index contributed by atoms with van der Waals surface area (Å²) in [5.74, 6) is -0.799. The van der Waals surface area contributed by atoms with Crippen molar-refractivity contribution < 1.29 is 9.59 Å². The second kappa shape index (κ2) is 8.32. The standard InChI is InChI=1S/C17H16N6O3S/c18-15(24)11-27-14-9-5-4-8-13(14)19-16(25)10-22-17(26)23(21-20-22)12-6-2-1-3-7-12/h1-9H,10-11H2,(H2,18,24)(H,19,25). The summed E-state index contributed by atoms with van der Waals surface area (Å²) in [4.78, 5) is 36.4. The molecule has 0 fully saturated rings. The largest absolute Gasteiger partial charge is 0.369 e. The van der Waals surface area contributed by atoms with E-state index < -0.39 is 17.5 Å². The third-order valence-electron chi connectivity index (χ3n) is 3.46. The predicted octanol–water partition coefficient (Wildman–Crippen LogP) is 0.645. The van der Waals surface area contributed by atoms with Gasteiger partial charge in [0, 0.05) is 4.90 Å². The Morgan fingerprint density at radius 3 is 2.48 bits per heavy atom. The Hall–Kier alpha value is -3.40. The van der Waals surface area contributed by atoms with Crippen molar-refractivity contribution in [2.24, 2.45) is 5.73 Å². The van der Waals surface area contributed by atoms with Crippen LogP contribution in [0.2, 0.25) is 0 Å². The average molecular weight is 384 g/mol. The van der Waals surface area contributed by atoms with Crippen molar-refractivity contribution in [3.8, 4) is 5.69 Å². The number of nitrogens with two attached hydrogens (primary N) is 1. The highest BCUT2D eigenvalue weighted by Gasteiger charge is 2.13. The highest BCUT2D eigenvalue weighted by molar-refractivity contribution is 8.00. The minimum Gasteiger partial charge on any atom is -0.369 e. The van der Waals surface area contributed by atoms with E-state index in [4.69, 9.17) is 5.73 Å². The van der Waals surface area contributed by atoms with Crippen molar-refractivity contribution in [2.45, 2.75) is 11.4 Å². The number of amides is 2. The van der Waals surface area contributed by atoms with Crippen LogP contribution >= 0.6 is 11.8 Å². The van der Waals surface area contributed by atoms with Gasteiger partial charge in [0.05, 0.1) is 17.1 Å². The number of rotatable bonds is 7. The van der Waals surface area contributed by atoms with Gasteiger partial charge in [-0.3, -0.25) is 9.59 Å². The Kier molecular flexibility index (Phi) is 5.67. The number of thioether (sulfide) groups is 1. The molecule has 0 aliphatic carbocycles. The molecule has 2 aromatic carbocycles. The van der Waals surface area contributed by atoms with E-state index in [0.717, 1.165) is 9.36 Å². The summed E-state index contributed by atoms with van der Waals surface area (Å²) < 4.78 is 2.09. The van der Waals surface area contributed by atoms with Crippen LogP contribution in [0.15, 0.2) is 64.3 Å². The third kappa shape index (κ3) is 4.61. The lowest BCUT2D eigenvalue weighted by Gasteiger charge is -2.09. The molecule has 0 atom stereocenters. The van der Waals surface area contributed by atoms with Crippen molar-refractivity contribution in [1.82, 2.24) is 19.8 Å². The van der Waals surface area contributed by atoms with Crippen LogP contribution in [0.5, 0.6) is 0 Å². The molecule has 138 valence electrons. The smallest absolute Gasteiger partial charge is 0.368 e. The highest BCUT2D eigenvalue weighted by atomic mass is 32.2. The lowest BCUT2D eigenvalue weighted by atomic mass is 10.3. The SMILES string of the molecule is NC(=O)CSc1ccccc1NC(=O)Cn1nnn(-c2ccccc2)c1=O. The van der Waals surface area contributed by atoms with E-state index in [1.807, 2.05) is 6.07 Å². The van der Waals surface area contributed by atoms with Crippen LogP contribution in [-0.2, 0) is 16.1 Å². The molecular weight excluding hydrogens is 368 g/mol. The van der Waals surface area contributed by atoms with E-state index in [1.165, 1.54) is 11.8 Å². The highest BCUT2D eigenvalue weighted by Crippen LogP contribution is 2.26. The molecule has 0 unspecified atom stereocenters. The zero-order valence-electron chi connectivity index (χ0n) is 14.1. The molecule has 0 spiro atoms. The molecule has 0 aliphatic heterocycles. The molecule has 2 amide bonds. The van der Waals surface area contributed by atoms with Gasteiger partial charge in [0.2, 0.25) is 11.8 Å². The van der Waals surface area contributed by atoms with Crippen molar-refractivity contribution in [2.75, 3.05) is 11.1 Å². The fraction of sp³-hybridized carbons (Fsp3) is 0.118. The maximum atomic E-state index is 12.4. The summed E-state index contributed by atoms with van der Waals surface area (Å²) in [5.41, 5.74) is 5.72. The lowest BCUT2D eigenvalue weighted by molar-refractivity contribution is -0.117. The second-order valence-electron chi connectivity index (χ2n) is 5.47. The molecule has 0 saturated carbocycles. The van der Waals surface area contributed by atoms with Gasteiger partial charge in [-0.15, -0.1) is 11.8 Å². The Labute approximate surface area is 158 Å². The molecule has 3 rings (SSSR count). The van der Waals surface area contributed by atoms with Gasteiger partial charge in [0.15, 0.2) is 0 Å². The first-order valence-corrected chi connectivity index (χ1v) is 8.91. The van der Waals surface area contributed by atoms with Crippen LogP contribution in [0.4, 0.5) is 5.69 Å². The normalized spacial score (nSPS) is 10.5. The van der Waals surface area contributed by atoms with Gasteiger partial charge >= 0.3 is 5.69 Å². The van der Waals surface area contributed by atoms with Gasteiger partial charge in [0.1, 0.15) is 6.54 Å². The maximum Gasteiger partial charge on any atom is 0.368 e. The third-order valence-corrected chi connectivity index (χ3v) is 4.56. The lowest BCUT2D eigenvalue weighted by Crippen LogP contribution is -2.29. The first-order chi connectivity index (χ1) is 13.0. The molecule has 1 heterocycles. The van der Waals surface area contributed by atoms with Gasteiger partial charge in [0.25, 0.3) is 0 Å². The van der Waals surface area contributed by atoms with Crippen LogP contribution in [0.25, 0.3) is 5.69 Å². The number of para-hydroxylation sites is 2. The maximum absolute atomic E-state index is 12.4. The zero-order valence-corrected chi connectivity index (χ0v) is 14.9. The van der Waals surface area contributed by atoms with Crippen molar-refractivity contribution in [3.05, 3.63) is 65.1 Å². The molecule has 0 radical (unpaired) electrons. The number of anilines is 1. The van der Waals surface area contributed by atoms with E-state index in [2.05, 4.69) is 15.7 Å². The van der Waals surface area contributed by atoms with Crippen LogP contribution in [0.1, 0.15) is 0 Å². The second-order valence-corrected chi connectivity index (χ2v) is 6.48. The molecule has 1 aromatic heterocycles. The number of aromatic nitrogens is 4. The predicted molar refractivity (Wildman–Crippen MR) is 101 cm³/mol. The van der Waals surface area contributed by atoms with Crippen molar-refractivity contribution >= 4 is 29.3 Å². The van der Waals surface area contributed by atoms with Gasteiger partial charge in [-0.1, -0.05) is 30.3 Å². The number of primary amides is 1. The number of tetrazole rings is 1. The molecule has 0 saturated heterocycles. The van der Waals surface area contributed by atoms with Crippen molar-refractivity contribution in [1.29, 1.82) is 0 Å². The Morgan fingerprint density at radius 2 is 1.74 bits per heavy atom. The van der Waals surface area contributed by atoms with E-state index >= 15 is 0 Å². The minimum atomic E-state index is -0.521. The summed E-state index contributed by atoms with van der Waals surface area (Å²) in [6.07, 6.45) is 0. The number of nitrogens with zero attached hydrogens (tertiary/aromatic N) is 4. The fourth-order valence-corrected chi connectivity index (χ4v) is 3.02. The Balaban J connectivity index is 1.72. The van der Waals surface area contributed by atoms with E-state index in [-0.39, 0.29) is 12.3 Å². The zero-order chi connectivity index (χ0) is 19.2. The molecular formula is C17H16N6O3S. The van der Waals surface area contributed by atoms with Crippen LogP contribution in [-0.4, -0.2) is 37.4 Å². The molecule has 3 aromatic rings. The molecule has 0 aliphatic rings. The van der Waals surface area contributed by atoms with Crippen LogP contribution < -0.4 is 16.7 Å². The van der Waals surface area contributed by atoms with E-state index in [0.29, 0.717) is 16.3 Å². The molecule has 0 bridgehead atoms. The number of hydrogen-bond donors (Lipinski definition) is 2. The topological polar surface area (TPSA) is 125 Å². The van der Waals surface area contributed by atoms with Gasteiger partial charge in [-0.05, 0) is 34.7 Å². The van der Waals surface area contributed by atoms with Gasteiger partial charge in [-0.25, -0.2) is 4.79 Å². The summed E-state index contributed by atoms with van der Waals surface area (Å²) in [6.45, 7) is -0.291. The summed E-state index contributed by atoms with van der Waals surface area (Å²) in [7, 11) is 0. The summed E-state index contributed by atoms with van der Waals surface area (Å²) >= 11 is 1.22. The van der Waals surface area contributed by atoms with Crippen LogP contribution in [0.3, 0.4) is 0 Å². The van der Waals surface area contributed by atoms with E-state index in [1.54, 1.807) is 48.5 Å². The monoisotopic (exact) mass is 384 g/mol. The van der Waals surface area contributed by atoms with Gasteiger partial charge < -0.3 is 11.1 Å².